The zero-order chi connectivity index (χ0) is 13.4. The van der Waals surface area contributed by atoms with Gasteiger partial charge in [-0.15, -0.1) is 6.58 Å². The van der Waals surface area contributed by atoms with Crippen molar-refractivity contribution in [3.63, 3.8) is 0 Å². The van der Waals surface area contributed by atoms with Gasteiger partial charge in [-0.2, -0.15) is 10.5 Å². The molecule has 3 heteroatoms. The van der Waals surface area contributed by atoms with Crippen molar-refractivity contribution in [2.24, 2.45) is 5.41 Å². The summed E-state index contributed by atoms with van der Waals surface area (Å²) in [6.45, 7) is 3.65. The van der Waals surface area contributed by atoms with Crippen LogP contribution in [-0.4, -0.2) is 0 Å². The molecule has 18 heavy (non-hydrogen) atoms. The first-order chi connectivity index (χ1) is 8.65. The zero-order valence-electron chi connectivity index (χ0n) is 10.2. The Morgan fingerprint density at radius 2 is 1.83 bits per heavy atom. The lowest BCUT2D eigenvalue weighted by atomic mass is 9.80. The quantitative estimate of drug-likeness (QED) is 0.565. The molecule has 0 fully saturated rings. The molecule has 0 aromatic heterocycles. The third-order valence-electron chi connectivity index (χ3n) is 2.86. The molecule has 0 saturated heterocycles. The minimum Gasteiger partial charge on any atom is -0.197 e. The zero-order valence-corrected chi connectivity index (χ0v) is 11.0. The molecule has 0 saturated carbocycles. The molecule has 1 rings (SSSR count). The molecule has 1 aromatic rings. The SMILES string of the molecule is C=CCCCC(C#N)(C#N)Cc1ccc(Cl)cc1. The number of hydrogen-bond acceptors (Lipinski definition) is 2. The molecule has 0 bridgehead atoms. The summed E-state index contributed by atoms with van der Waals surface area (Å²) < 4.78 is 0. The van der Waals surface area contributed by atoms with Gasteiger partial charge in [0.25, 0.3) is 0 Å². The topological polar surface area (TPSA) is 47.6 Å². The van der Waals surface area contributed by atoms with Crippen LogP contribution in [0.5, 0.6) is 0 Å². The van der Waals surface area contributed by atoms with Crippen LogP contribution in [-0.2, 0) is 6.42 Å². The van der Waals surface area contributed by atoms with Gasteiger partial charge in [-0.25, -0.2) is 0 Å². The van der Waals surface area contributed by atoms with E-state index in [0.717, 1.165) is 18.4 Å². The number of halogens is 1. The Labute approximate surface area is 113 Å². The number of allylic oxidation sites excluding steroid dienone is 1. The first kappa shape index (κ1) is 14.3. The molecule has 0 aliphatic carbocycles. The predicted octanol–water partition coefficient (Wildman–Crippen LogP) is 4.27. The van der Waals surface area contributed by atoms with Crippen LogP contribution in [0.2, 0.25) is 5.02 Å². The lowest BCUT2D eigenvalue weighted by Gasteiger charge is -2.18. The van der Waals surface area contributed by atoms with Gasteiger partial charge in [0.15, 0.2) is 0 Å². The minimum absolute atomic E-state index is 0.439. The fraction of sp³-hybridized carbons (Fsp3) is 0.333. The number of rotatable bonds is 6. The molecule has 2 nitrogen and oxygen atoms in total. The van der Waals surface area contributed by atoms with Gasteiger partial charge in [0, 0.05) is 11.4 Å². The van der Waals surface area contributed by atoms with Gasteiger partial charge >= 0.3 is 0 Å². The van der Waals surface area contributed by atoms with Gasteiger partial charge < -0.3 is 0 Å². The van der Waals surface area contributed by atoms with E-state index in [1.807, 2.05) is 18.2 Å². The highest BCUT2D eigenvalue weighted by Gasteiger charge is 2.29. The lowest BCUT2D eigenvalue weighted by Crippen LogP contribution is -2.19. The monoisotopic (exact) mass is 258 g/mol. The van der Waals surface area contributed by atoms with Crippen LogP contribution in [0.3, 0.4) is 0 Å². The molecule has 0 atom stereocenters. The molecule has 0 amide bonds. The molecule has 1 aromatic carbocycles. The average molecular weight is 259 g/mol. The summed E-state index contributed by atoms with van der Waals surface area (Å²) in [6, 6.07) is 11.6. The van der Waals surface area contributed by atoms with Crippen molar-refractivity contribution in [2.45, 2.75) is 25.7 Å². The highest BCUT2D eigenvalue weighted by Crippen LogP contribution is 2.28. The van der Waals surface area contributed by atoms with E-state index in [0.29, 0.717) is 17.9 Å². The maximum atomic E-state index is 9.27. The van der Waals surface area contributed by atoms with E-state index in [1.165, 1.54) is 0 Å². The minimum atomic E-state index is -0.948. The molecule has 0 spiro atoms. The molecule has 0 aliphatic rings. The van der Waals surface area contributed by atoms with E-state index in [2.05, 4.69) is 18.7 Å². The number of unbranched alkanes of at least 4 members (excludes halogenated alkanes) is 1. The number of nitriles is 2. The van der Waals surface area contributed by atoms with Crippen LogP contribution < -0.4 is 0 Å². The Morgan fingerprint density at radius 1 is 1.22 bits per heavy atom. The maximum Gasteiger partial charge on any atom is 0.147 e. The van der Waals surface area contributed by atoms with Gasteiger partial charge in [0.2, 0.25) is 0 Å². The van der Waals surface area contributed by atoms with Crippen molar-refractivity contribution in [1.82, 2.24) is 0 Å². The third-order valence-corrected chi connectivity index (χ3v) is 3.11. The van der Waals surface area contributed by atoms with Crippen LogP contribution in [0.15, 0.2) is 36.9 Å². The lowest BCUT2D eigenvalue weighted by molar-refractivity contribution is 0.458. The summed E-state index contributed by atoms with van der Waals surface area (Å²) in [4.78, 5) is 0. The number of benzene rings is 1. The Morgan fingerprint density at radius 3 is 2.33 bits per heavy atom. The third kappa shape index (κ3) is 3.91. The van der Waals surface area contributed by atoms with Crippen molar-refractivity contribution >= 4 is 11.6 Å². The molecule has 0 unspecified atom stereocenters. The van der Waals surface area contributed by atoms with E-state index in [-0.39, 0.29) is 0 Å². The number of hydrogen-bond donors (Lipinski definition) is 0. The van der Waals surface area contributed by atoms with E-state index in [1.54, 1.807) is 12.1 Å². The summed E-state index contributed by atoms with van der Waals surface area (Å²) in [5.74, 6) is 0. The smallest absolute Gasteiger partial charge is 0.147 e. The molecule has 0 N–H and O–H groups in total. The largest absolute Gasteiger partial charge is 0.197 e. The first-order valence-electron chi connectivity index (χ1n) is 5.83. The highest BCUT2D eigenvalue weighted by atomic mass is 35.5. The van der Waals surface area contributed by atoms with Gasteiger partial charge in [0.05, 0.1) is 12.1 Å². The normalized spacial score (nSPS) is 10.4. The van der Waals surface area contributed by atoms with Gasteiger partial charge in [-0.3, -0.25) is 0 Å². The van der Waals surface area contributed by atoms with E-state index in [4.69, 9.17) is 11.6 Å². The highest BCUT2D eigenvalue weighted by molar-refractivity contribution is 6.30. The van der Waals surface area contributed by atoms with Crippen LogP contribution in [0.4, 0.5) is 0 Å². The van der Waals surface area contributed by atoms with Gasteiger partial charge in [-0.05, 0) is 37.0 Å². The standard InChI is InChI=1S/C15H15ClN2/c1-2-3-4-9-15(11-17,12-18)10-13-5-7-14(16)8-6-13/h2,5-8H,1,3-4,9-10H2. The summed E-state index contributed by atoms with van der Waals surface area (Å²) in [5.41, 5.74) is 0.0118. The first-order valence-corrected chi connectivity index (χ1v) is 6.21. The maximum absolute atomic E-state index is 9.27. The second kappa shape index (κ2) is 6.84. The summed E-state index contributed by atoms with van der Waals surface area (Å²) in [6.07, 6.45) is 4.44. The van der Waals surface area contributed by atoms with Crippen LogP contribution >= 0.6 is 11.6 Å². The Bertz CT molecular complexity index is 463. The van der Waals surface area contributed by atoms with Crippen molar-refractivity contribution in [1.29, 1.82) is 10.5 Å². The molecule has 92 valence electrons. The number of nitrogens with zero attached hydrogens (tertiary/aromatic N) is 2. The predicted molar refractivity (Wildman–Crippen MR) is 72.9 cm³/mol. The van der Waals surface area contributed by atoms with E-state index in [9.17, 15) is 10.5 Å². The second-order valence-corrected chi connectivity index (χ2v) is 4.73. The molecule has 0 heterocycles. The van der Waals surface area contributed by atoms with Gasteiger partial charge in [0.1, 0.15) is 5.41 Å². The summed E-state index contributed by atoms with van der Waals surface area (Å²) in [7, 11) is 0. The Kier molecular flexibility index (Phi) is 5.43. The average Bonchev–Trinajstić information content (AvgIpc) is 2.40. The molecular formula is C15H15ClN2. The van der Waals surface area contributed by atoms with Gasteiger partial charge in [-0.1, -0.05) is 29.8 Å². The van der Waals surface area contributed by atoms with E-state index >= 15 is 0 Å². The van der Waals surface area contributed by atoms with Crippen molar-refractivity contribution < 1.29 is 0 Å². The Balaban J connectivity index is 2.80. The summed E-state index contributed by atoms with van der Waals surface area (Å²) >= 11 is 5.81. The second-order valence-electron chi connectivity index (χ2n) is 4.29. The molecule has 0 aliphatic heterocycles. The van der Waals surface area contributed by atoms with Crippen LogP contribution in [0, 0.1) is 28.1 Å². The molecule has 0 radical (unpaired) electrons. The van der Waals surface area contributed by atoms with Crippen LogP contribution in [0.1, 0.15) is 24.8 Å². The fourth-order valence-electron chi connectivity index (χ4n) is 1.80. The van der Waals surface area contributed by atoms with Crippen LogP contribution in [0.25, 0.3) is 0 Å². The molecular weight excluding hydrogens is 244 g/mol. The fourth-order valence-corrected chi connectivity index (χ4v) is 1.93. The van der Waals surface area contributed by atoms with Crippen molar-refractivity contribution in [3.05, 3.63) is 47.5 Å². The van der Waals surface area contributed by atoms with Crippen molar-refractivity contribution in [3.8, 4) is 12.1 Å². The van der Waals surface area contributed by atoms with E-state index < -0.39 is 5.41 Å². The van der Waals surface area contributed by atoms with Crippen molar-refractivity contribution in [2.75, 3.05) is 0 Å². The Hall–Kier alpha value is -1.77. The summed E-state index contributed by atoms with van der Waals surface area (Å²) in [5, 5.41) is 19.2.